The van der Waals surface area contributed by atoms with Crippen LogP contribution < -0.4 is 15.4 Å². The van der Waals surface area contributed by atoms with Gasteiger partial charge in [0, 0.05) is 11.4 Å². The van der Waals surface area contributed by atoms with E-state index in [1.165, 1.54) is 10.4 Å². The zero-order valence-electron chi connectivity index (χ0n) is 11.6. The molecule has 0 spiro atoms. The van der Waals surface area contributed by atoms with Gasteiger partial charge in [-0.1, -0.05) is 18.2 Å². The highest BCUT2D eigenvalue weighted by atomic mass is 32.1. The molecule has 5 heteroatoms. The van der Waals surface area contributed by atoms with Gasteiger partial charge in [-0.25, -0.2) is 0 Å². The Morgan fingerprint density at radius 1 is 1.30 bits per heavy atom. The molecule has 3 nitrogen and oxygen atoms in total. The molecule has 2 aromatic rings. The van der Waals surface area contributed by atoms with E-state index in [2.05, 4.69) is 29.0 Å². The van der Waals surface area contributed by atoms with Crippen molar-refractivity contribution in [2.24, 2.45) is 0 Å². The molecule has 0 unspecified atom stereocenters. The normalized spacial score (nSPS) is 11.7. The number of hydrogen-bond donors (Lipinski definition) is 2. The summed E-state index contributed by atoms with van der Waals surface area (Å²) in [5.74, 6) is 0.862. The molecule has 0 saturated heterocycles. The fraction of sp³-hybridized carbons (Fsp3) is 0.267. The first-order chi connectivity index (χ1) is 9.69. The summed E-state index contributed by atoms with van der Waals surface area (Å²) >= 11 is 7.04. The highest BCUT2D eigenvalue weighted by Crippen LogP contribution is 2.17. The number of nitrogens with one attached hydrogen (secondary N) is 2. The monoisotopic (exact) mass is 306 g/mol. The minimum atomic E-state index is 0.228. The Bertz CT molecular complexity index is 538. The van der Waals surface area contributed by atoms with Crippen molar-refractivity contribution in [3.05, 3.63) is 52.2 Å². The smallest absolute Gasteiger partial charge is 0.167 e. The van der Waals surface area contributed by atoms with Crippen LogP contribution in [0.4, 0.5) is 0 Å². The maximum atomic E-state index is 5.31. The van der Waals surface area contributed by atoms with Crippen LogP contribution in [-0.4, -0.2) is 12.2 Å². The fourth-order valence-corrected chi connectivity index (χ4v) is 2.77. The largest absolute Gasteiger partial charge is 0.497 e. The summed E-state index contributed by atoms with van der Waals surface area (Å²) in [6.07, 6.45) is 0. The molecule has 1 atom stereocenters. The molecule has 1 heterocycles. The molecule has 0 fully saturated rings. The SMILES string of the molecule is COc1ccc(CNC(=S)N[C@@H](C)c2cccs2)cc1. The molecule has 0 amide bonds. The van der Waals surface area contributed by atoms with Crippen LogP contribution in [0, 0.1) is 0 Å². The predicted molar refractivity (Wildman–Crippen MR) is 88.3 cm³/mol. The predicted octanol–water partition coefficient (Wildman–Crippen LogP) is 3.48. The summed E-state index contributed by atoms with van der Waals surface area (Å²) < 4.78 is 5.13. The number of ether oxygens (including phenoxy) is 1. The van der Waals surface area contributed by atoms with Gasteiger partial charge < -0.3 is 15.4 Å². The van der Waals surface area contributed by atoms with E-state index in [4.69, 9.17) is 17.0 Å². The van der Waals surface area contributed by atoms with Crippen molar-refractivity contribution in [1.82, 2.24) is 10.6 Å². The maximum Gasteiger partial charge on any atom is 0.167 e. The average molecular weight is 306 g/mol. The van der Waals surface area contributed by atoms with E-state index in [0.717, 1.165) is 5.75 Å². The van der Waals surface area contributed by atoms with Gasteiger partial charge in [0.1, 0.15) is 5.75 Å². The Labute approximate surface area is 129 Å². The average Bonchev–Trinajstić information content (AvgIpc) is 3.00. The number of methoxy groups -OCH3 is 1. The summed E-state index contributed by atoms with van der Waals surface area (Å²) in [5, 5.41) is 9.23. The second kappa shape index (κ2) is 7.26. The second-order valence-corrected chi connectivity index (χ2v) is 5.80. The summed E-state index contributed by atoms with van der Waals surface area (Å²) in [6, 6.07) is 12.3. The molecule has 1 aromatic heterocycles. The molecule has 0 bridgehead atoms. The van der Waals surface area contributed by atoms with Crippen molar-refractivity contribution < 1.29 is 4.74 Å². The Morgan fingerprint density at radius 3 is 2.65 bits per heavy atom. The molecule has 20 heavy (non-hydrogen) atoms. The Balaban J connectivity index is 1.79. The van der Waals surface area contributed by atoms with Gasteiger partial charge in [-0.05, 0) is 48.3 Å². The van der Waals surface area contributed by atoms with Crippen LogP contribution in [0.2, 0.25) is 0 Å². The van der Waals surface area contributed by atoms with E-state index in [9.17, 15) is 0 Å². The van der Waals surface area contributed by atoms with Crippen LogP contribution >= 0.6 is 23.6 Å². The van der Waals surface area contributed by atoms with Gasteiger partial charge in [-0.15, -0.1) is 11.3 Å². The molecule has 0 saturated carbocycles. The summed E-state index contributed by atoms with van der Waals surface area (Å²) in [5.41, 5.74) is 1.17. The lowest BCUT2D eigenvalue weighted by molar-refractivity contribution is 0.414. The lowest BCUT2D eigenvalue weighted by atomic mass is 10.2. The standard InChI is InChI=1S/C15H18N2OS2/c1-11(14-4-3-9-20-14)17-15(19)16-10-12-5-7-13(18-2)8-6-12/h3-9,11H,10H2,1-2H3,(H2,16,17,19)/t11-/m0/s1. The Hall–Kier alpha value is -1.59. The molecule has 1 aromatic carbocycles. The fourth-order valence-electron chi connectivity index (χ4n) is 1.78. The van der Waals surface area contributed by atoms with E-state index in [-0.39, 0.29) is 6.04 Å². The van der Waals surface area contributed by atoms with Gasteiger partial charge in [0.15, 0.2) is 5.11 Å². The van der Waals surface area contributed by atoms with Crippen LogP contribution in [0.5, 0.6) is 5.75 Å². The van der Waals surface area contributed by atoms with Crippen molar-refractivity contribution in [3.63, 3.8) is 0 Å². The van der Waals surface area contributed by atoms with E-state index in [1.54, 1.807) is 18.4 Å². The third-order valence-electron chi connectivity index (χ3n) is 2.93. The van der Waals surface area contributed by atoms with Crippen LogP contribution in [0.25, 0.3) is 0 Å². The number of rotatable bonds is 5. The van der Waals surface area contributed by atoms with E-state index in [0.29, 0.717) is 11.7 Å². The molecular formula is C15H18N2OS2. The minimum Gasteiger partial charge on any atom is -0.497 e. The third kappa shape index (κ3) is 4.21. The Kier molecular flexibility index (Phi) is 5.38. The van der Waals surface area contributed by atoms with Crippen LogP contribution in [0.1, 0.15) is 23.4 Å². The van der Waals surface area contributed by atoms with Crippen molar-refractivity contribution in [3.8, 4) is 5.75 Å². The van der Waals surface area contributed by atoms with Gasteiger partial charge in [-0.3, -0.25) is 0 Å². The van der Waals surface area contributed by atoms with Crippen molar-refractivity contribution >= 4 is 28.7 Å². The first-order valence-corrected chi connectivity index (χ1v) is 7.68. The number of thiophene rings is 1. The molecule has 0 radical (unpaired) electrons. The molecule has 2 rings (SSSR count). The quantitative estimate of drug-likeness (QED) is 0.829. The van der Waals surface area contributed by atoms with Gasteiger partial charge in [0.2, 0.25) is 0 Å². The maximum absolute atomic E-state index is 5.31. The van der Waals surface area contributed by atoms with E-state index < -0.39 is 0 Å². The lowest BCUT2D eigenvalue weighted by Crippen LogP contribution is -2.36. The Morgan fingerprint density at radius 2 is 2.05 bits per heavy atom. The first-order valence-electron chi connectivity index (χ1n) is 6.39. The molecule has 2 N–H and O–H groups in total. The molecule has 0 aliphatic carbocycles. The zero-order chi connectivity index (χ0) is 14.4. The number of thiocarbonyl (C=S) groups is 1. The minimum absolute atomic E-state index is 0.228. The molecular weight excluding hydrogens is 288 g/mol. The summed E-state index contributed by atoms with van der Waals surface area (Å²) in [4.78, 5) is 1.28. The van der Waals surface area contributed by atoms with Crippen LogP contribution in [0.15, 0.2) is 41.8 Å². The van der Waals surface area contributed by atoms with Gasteiger partial charge >= 0.3 is 0 Å². The van der Waals surface area contributed by atoms with E-state index in [1.807, 2.05) is 30.3 Å². The van der Waals surface area contributed by atoms with Crippen LogP contribution in [0.3, 0.4) is 0 Å². The topological polar surface area (TPSA) is 33.3 Å². The van der Waals surface area contributed by atoms with Gasteiger partial charge in [-0.2, -0.15) is 0 Å². The van der Waals surface area contributed by atoms with Gasteiger partial charge in [0.05, 0.1) is 13.2 Å². The lowest BCUT2D eigenvalue weighted by Gasteiger charge is -2.16. The van der Waals surface area contributed by atoms with Gasteiger partial charge in [0.25, 0.3) is 0 Å². The van der Waals surface area contributed by atoms with Crippen molar-refractivity contribution in [2.75, 3.05) is 7.11 Å². The zero-order valence-corrected chi connectivity index (χ0v) is 13.2. The van der Waals surface area contributed by atoms with Crippen molar-refractivity contribution in [1.29, 1.82) is 0 Å². The summed E-state index contributed by atoms with van der Waals surface area (Å²) in [7, 11) is 1.66. The molecule has 106 valence electrons. The second-order valence-electron chi connectivity index (χ2n) is 4.41. The number of benzene rings is 1. The third-order valence-corrected chi connectivity index (χ3v) is 4.25. The van der Waals surface area contributed by atoms with E-state index >= 15 is 0 Å². The molecule has 0 aliphatic rings. The van der Waals surface area contributed by atoms with Crippen molar-refractivity contribution in [2.45, 2.75) is 19.5 Å². The highest BCUT2D eigenvalue weighted by molar-refractivity contribution is 7.80. The number of hydrogen-bond acceptors (Lipinski definition) is 3. The molecule has 0 aliphatic heterocycles. The highest BCUT2D eigenvalue weighted by Gasteiger charge is 2.07. The first kappa shape index (κ1) is 14.8. The summed E-state index contributed by atoms with van der Waals surface area (Å²) in [6.45, 7) is 2.81. The van der Waals surface area contributed by atoms with Crippen LogP contribution in [-0.2, 0) is 6.54 Å².